The molecule has 1 aliphatic heterocycles. The number of ether oxygens (including phenoxy) is 2. The molecule has 0 bridgehead atoms. The summed E-state index contributed by atoms with van der Waals surface area (Å²) in [7, 11) is 0. The van der Waals surface area contributed by atoms with Crippen molar-refractivity contribution in [3.05, 3.63) is 0 Å². The summed E-state index contributed by atoms with van der Waals surface area (Å²) < 4.78 is 10.2. The van der Waals surface area contributed by atoms with Crippen molar-refractivity contribution in [3.8, 4) is 0 Å². The minimum Gasteiger partial charge on any atom is -0.341 e. The van der Waals surface area contributed by atoms with Gasteiger partial charge in [0.05, 0.1) is 18.5 Å². The van der Waals surface area contributed by atoms with E-state index in [2.05, 4.69) is 15.9 Å². The zero-order valence-electron chi connectivity index (χ0n) is 5.72. The van der Waals surface area contributed by atoms with Crippen molar-refractivity contribution in [1.29, 1.82) is 0 Å². The molecule has 1 saturated heterocycles. The van der Waals surface area contributed by atoms with E-state index < -0.39 is 5.79 Å². The van der Waals surface area contributed by atoms with Gasteiger partial charge in [-0.1, -0.05) is 15.9 Å². The lowest BCUT2D eigenvalue weighted by Crippen LogP contribution is -2.37. The second-order valence-electron chi connectivity index (χ2n) is 2.20. The Morgan fingerprint density at radius 1 is 1.60 bits per heavy atom. The highest BCUT2D eigenvalue weighted by molar-refractivity contribution is 9.09. The number of alkyl halides is 1. The summed E-state index contributed by atoms with van der Waals surface area (Å²) in [5.74, 6) is -1.05. The van der Waals surface area contributed by atoms with Gasteiger partial charge in [-0.2, -0.15) is 0 Å². The quantitative estimate of drug-likeness (QED) is 0.628. The van der Waals surface area contributed by atoms with Crippen LogP contribution in [0.4, 0.5) is 0 Å². The van der Waals surface area contributed by atoms with Crippen LogP contribution in [0.2, 0.25) is 0 Å². The maximum atomic E-state index is 11.0. The molecule has 0 aromatic heterocycles. The average Bonchev–Trinajstić information content (AvgIpc) is 2.36. The van der Waals surface area contributed by atoms with E-state index in [0.717, 1.165) is 0 Å². The lowest BCUT2D eigenvalue weighted by Gasteiger charge is -2.18. The molecule has 1 rings (SSSR count). The molecule has 1 fully saturated rings. The Morgan fingerprint density at radius 2 is 2.10 bits per heavy atom. The maximum absolute atomic E-state index is 11.0. The van der Waals surface area contributed by atoms with E-state index in [1.54, 1.807) is 6.92 Å². The highest BCUT2D eigenvalue weighted by atomic mass is 79.9. The summed E-state index contributed by atoms with van der Waals surface area (Å²) in [5, 5.41) is 0.281. The Bertz CT molecular complexity index is 140. The molecule has 58 valence electrons. The van der Waals surface area contributed by atoms with Gasteiger partial charge in [-0.3, -0.25) is 4.79 Å². The number of ketones is 1. The first kappa shape index (κ1) is 8.17. The van der Waals surface area contributed by atoms with E-state index in [-0.39, 0.29) is 11.1 Å². The van der Waals surface area contributed by atoms with Crippen LogP contribution in [0.1, 0.15) is 6.92 Å². The molecule has 0 atom stereocenters. The Labute approximate surface area is 67.8 Å². The molecule has 0 aromatic carbocycles. The van der Waals surface area contributed by atoms with Crippen LogP contribution in [-0.4, -0.2) is 30.1 Å². The molecule has 0 aliphatic carbocycles. The Morgan fingerprint density at radius 3 is 2.50 bits per heavy atom. The molecular formula is C6H9BrO3. The number of carbonyl (C=O) groups excluding carboxylic acids is 1. The van der Waals surface area contributed by atoms with Gasteiger partial charge in [-0.15, -0.1) is 0 Å². The van der Waals surface area contributed by atoms with Crippen molar-refractivity contribution < 1.29 is 14.3 Å². The average molecular weight is 209 g/mol. The molecule has 4 heteroatoms. The van der Waals surface area contributed by atoms with Crippen LogP contribution < -0.4 is 0 Å². The predicted octanol–water partition coefficient (Wildman–Crippen LogP) is 0.713. The molecule has 0 spiro atoms. The van der Waals surface area contributed by atoms with E-state index in [4.69, 9.17) is 9.47 Å². The van der Waals surface area contributed by atoms with E-state index >= 15 is 0 Å². The van der Waals surface area contributed by atoms with Crippen molar-refractivity contribution >= 4 is 21.7 Å². The largest absolute Gasteiger partial charge is 0.341 e. The third-order valence-corrected chi connectivity index (χ3v) is 1.98. The van der Waals surface area contributed by atoms with Crippen LogP contribution in [0.25, 0.3) is 0 Å². The molecular weight excluding hydrogens is 200 g/mol. The molecule has 0 amide bonds. The van der Waals surface area contributed by atoms with Gasteiger partial charge in [-0.05, 0) is 6.92 Å². The summed E-state index contributed by atoms with van der Waals surface area (Å²) in [4.78, 5) is 11.0. The van der Waals surface area contributed by atoms with Crippen LogP contribution in [0, 0.1) is 0 Å². The fourth-order valence-corrected chi connectivity index (χ4v) is 1.31. The molecule has 1 aliphatic rings. The molecule has 0 aromatic rings. The highest BCUT2D eigenvalue weighted by Gasteiger charge is 2.37. The number of Topliss-reactive ketones (excluding diaryl/α,β-unsaturated/α-hetero) is 1. The molecule has 3 nitrogen and oxygen atoms in total. The van der Waals surface area contributed by atoms with Gasteiger partial charge in [0, 0.05) is 0 Å². The summed E-state index contributed by atoms with van der Waals surface area (Å²) >= 11 is 3.05. The first-order valence-corrected chi connectivity index (χ1v) is 4.18. The zero-order chi connectivity index (χ0) is 7.61. The van der Waals surface area contributed by atoms with E-state index in [0.29, 0.717) is 13.2 Å². The van der Waals surface area contributed by atoms with Crippen LogP contribution in [0.15, 0.2) is 0 Å². The SMILES string of the molecule is CC1(C(=O)CBr)OCCO1. The second-order valence-corrected chi connectivity index (χ2v) is 2.76. The van der Waals surface area contributed by atoms with Gasteiger partial charge < -0.3 is 9.47 Å². The third-order valence-electron chi connectivity index (χ3n) is 1.47. The van der Waals surface area contributed by atoms with Gasteiger partial charge in [0.2, 0.25) is 11.6 Å². The highest BCUT2D eigenvalue weighted by Crippen LogP contribution is 2.19. The molecule has 0 N–H and O–H groups in total. The number of hydrogen-bond acceptors (Lipinski definition) is 3. The van der Waals surface area contributed by atoms with Crippen LogP contribution in [0.3, 0.4) is 0 Å². The fourth-order valence-electron chi connectivity index (χ4n) is 0.797. The van der Waals surface area contributed by atoms with E-state index in [9.17, 15) is 4.79 Å². The van der Waals surface area contributed by atoms with Gasteiger partial charge in [0.15, 0.2) is 0 Å². The smallest absolute Gasteiger partial charge is 0.227 e. The van der Waals surface area contributed by atoms with Crippen LogP contribution in [-0.2, 0) is 14.3 Å². The van der Waals surface area contributed by atoms with Crippen LogP contribution in [0.5, 0.6) is 0 Å². The lowest BCUT2D eigenvalue weighted by atomic mass is 10.2. The number of carbonyl (C=O) groups is 1. The molecule has 0 radical (unpaired) electrons. The Balaban J connectivity index is 2.58. The zero-order valence-corrected chi connectivity index (χ0v) is 7.31. The third kappa shape index (κ3) is 1.38. The molecule has 0 unspecified atom stereocenters. The van der Waals surface area contributed by atoms with Crippen molar-refractivity contribution in [2.75, 3.05) is 18.5 Å². The summed E-state index contributed by atoms with van der Waals surface area (Å²) in [6, 6.07) is 0. The number of halogens is 1. The van der Waals surface area contributed by atoms with Crippen molar-refractivity contribution in [1.82, 2.24) is 0 Å². The van der Waals surface area contributed by atoms with Crippen molar-refractivity contribution in [2.45, 2.75) is 12.7 Å². The molecule has 10 heavy (non-hydrogen) atoms. The molecule has 1 heterocycles. The predicted molar refractivity (Wildman–Crippen MR) is 39.1 cm³/mol. The van der Waals surface area contributed by atoms with Gasteiger partial charge >= 0.3 is 0 Å². The van der Waals surface area contributed by atoms with Crippen molar-refractivity contribution in [3.63, 3.8) is 0 Å². The normalized spacial score (nSPS) is 23.0. The first-order chi connectivity index (χ1) is 4.69. The minimum absolute atomic E-state index is 0.0648. The maximum Gasteiger partial charge on any atom is 0.227 e. The second kappa shape index (κ2) is 2.98. The van der Waals surface area contributed by atoms with E-state index in [1.165, 1.54) is 0 Å². The fraction of sp³-hybridized carbons (Fsp3) is 0.833. The summed E-state index contributed by atoms with van der Waals surface area (Å²) in [5.41, 5.74) is 0. The summed E-state index contributed by atoms with van der Waals surface area (Å²) in [6.07, 6.45) is 0. The standard InChI is InChI=1S/C6H9BrO3/c1-6(5(8)4-7)9-2-3-10-6/h2-4H2,1H3. The number of hydrogen-bond donors (Lipinski definition) is 0. The van der Waals surface area contributed by atoms with Gasteiger partial charge in [0.1, 0.15) is 0 Å². The van der Waals surface area contributed by atoms with Gasteiger partial charge in [0.25, 0.3) is 0 Å². The first-order valence-electron chi connectivity index (χ1n) is 3.06. The Kier molecular flexibility index (Phi) is 2.44. The van der Waals surface area contributed by atoms with E-state index in [1.807, 2.05) is 0 Å². The summed E-state index contributed by atoms with van der Waals surface area (Å²) in [6.45, 7) is 2.66. The van der Waals surface area contributed by atoms with Crippen LogP contribution >= 0.6 is 15.9 Å². The minimum atomic E-state index is -0.983. The topological polar surface area (TPSA) is 35.5 Å². The van der Waals surface area contributed by atoms with Gasteiger partial charge in [-0.25, -0.2) is 0 Å². The Hall–Kier alpha value is 0.0700. The molecule has 0 saturated carbocycles. The number of rotatable bonds is 2. The van der Waals surface area contributed by atoms with Crippen molar-refractivity contribution in [2.24, 2.45) is 0 Å². The lowest BCUT2D eigenvalue weighted by molar-refractivity contribution is -0.170. The monoisotopic (exact) mass is 208 g/mol.